The van der Waals surface area contributed by atoms with E-state index in [2.05, 4.69) is 5.32 Å². The van der Waals surface area contributed by atoms with Crippen LogP contribution in [-0.2, 0) is 0 Å². The highest BCUT2D eigenvalue weighted by molar-refractivity contribution is 5.95. The van der Waals surface area contributed by atoms with Crippen LogP contribution in [0.3, 0.4) is 0 Å². The minimum atomic E-state index is -1.00. The van der Waals surface area contributed by atoms with Crippen molar-refractivity contribution in [2.24, 2.45) is 0 Å². The van der Waals surface area contributed by atoms with Gasteiger partial charge in [0.15, 0.2) is 0 Å². The fourth-order valence-corrected chi connectivity index (χ4v) is 1.69. The van der Waals surface area contributed by atoms with Crippen molar-refractivity contribution in [1.82, 2.24) is 0 Å². The molecule has 0 unspecified atom stereocenters. The summed E-state index contributed by atoms with van der Waals surface area (Å²) in [4.78, 5) is 11.1. The lowest BCUT2D eigenvalue weighted by Gasteiger charge is -2.11. The van der Waals surface area contributed by atoms with E-state index in [1.165, 1.54) is 18.2 Å². The second kappa shape index (κ2) is 4.87. The van der Waals surface area contributed by atoms with Gasteiger partial charge in [0.1, 0.15) is 5.82 Å². The predicted molar refractivity (Wildman–Crippen MR) is 67.8 cm³/mol. The van der Waals surface area contributed by atoms with Crippen molar-refractivity contribution < 1.29 is 14.3 Å². The fraction of sp³-hybridized carbons (Fsp3) is 0.0714. The molecule has 3 nitrogen and oxygen atoms in total. The van der Waals surface area contributed by atoms with Crippen LogP contribution in [0.2, 0.25) is 0 Å². The predicted octanol–water partition coefficient (Wildman–Crippen LogP) is 3.58. The van der Waals surface area contributed by atoms with Crippen molar-refractivity contribution >= 4 is 17.3 Å². The Bertz CT molecular complexity index is 596. The van der Waals surface area contributed by atoms with Gasteiger partial charge in [0.2, 0.25) is 0 Å². The van der Waals surface area contributed by atoms with Gasteiger partial charge in [-0.05, 0) is 42.8 Å². The second-order valence-corrected chi connectivity index (χ2v) is 3.93. The summed E-state index contributed by atoms with van der Waals surface area (Å²) < 4.78 is 13.0. The van der Waals surface area contributed by atoms with Crippen LogP contribution < -0.4 is 5.32 Å². The maximum absolute atomic E-state index is 13.0. The number of carboxylic acid groups (broad SMARTS) is 1. The number of para-hydroxylation sites is 1. The summed E-state index contributed by atoms with van der Waals surface area (Å²) in [5.41, 5.74) is 2.07. The molecule has 92 valence electrons. The maximum Gasteiger partial charge on any atom is 0.337 e. The zero-order chi connectivity index (χ0) is 13.1. The lowest BCUT2D eigenvalue weighted by atomic mass is 10.1. The molecule has 0 aromatic heterocycles. The van der Waals surface area contributed by atoms with Gasteiger partial charge in [0.25, 0.3) is 0 Å². The Morgan fingerprint density at radius 2 is 1.89 bits per heavy atom. The molecule has 4 heteroatoms. The van der Waals surface area contributed by atoms with Crippen molar-refractivity contribution in [3.63, 3.8) is 0 Å². The number of halogens is 1. The summed E-state index contributed by atoms with van der Waals surface area (Å²) in [6.07, 6.45) is 0. The Morgan fingerprint density at radius 1 is 1.17 bits per heavy atom. The van der Waals surface area contributed by atoms with Crippen molar-refractivity contribution in [1.29, 1.82) is 0 Å². The first-order valence-electron chi connectivity index (χ1n) is 5.43. The Morgan fingerprint density at radius 3 is 2.56 bits per heavy atom. The van der Waals surface area contributed by atoms with Crippen LogP contribution in [0.25, 0.3) is 0 Å². The van der Waals surface area contributed by atoms with Crippen molar-refractivity contribution in [3.05, 3.63) is 59.4 Å². The van der Waals surface area contributed by atoms with Gasteiger partial charge in [-0.25, -0.2) is 9.18 Å². The quantitative estimate of drug-likeness (QED) is 0.869. The first-order valence-corrected chi connectivity index (χ1v) is 5.43. The topological polar surface area (TPSA) is 49.3 Å². The zero-order valence-electron chi connectivity index (χ0n) is 9.77. The molecule has 0 aliphatic carbocycles. The highest BCUT2D eigenvalue weighted by atomic mass is 19.1. The third-order valence-electron chi connectivity index (χ3n) is 2.62. The Balaban J connectivity index is 2.37. The number of hydrogen-bond acceptors (Lipinski definition) is 2. The lowest BCUT2D eigenvalue weighted by molar-refractivity contribution is 0.0698. The number of aryl methyl sites for hydroxylation is 1. The number of benzene rings is 2. The average Bonchev–Trinajstić information content (AvgIpc) is 2.33. The summed E-state index contributed by atoms with van der Waals surface area (Å²) in [7, 11) is 0. The molecule has 0 spiro atoms. The number of nitrogens with one attached hydrogen (secondary N) is 1. The molecular formula is C14H12FNO2. The molecule has 0 saturated heterocycles. The zero-order valence-corrected chi connectivity index (χ0v) is 9.77. The summed E-state index contributed by atoms with van der Waals surface area (Å²) in [6, 6.07) is 10.9. The molecule has 0 bridgehead atoms. The Hall–Kier alpha value is -2.36. The summed E-state index contributed by atoms with van der Waals surface area (Å²) in [5.74, 6) is -1.32. The number of hydrogen-bond donors (Lipinski definition) is 2. The molecule has 0 saturated carbocycles. The van der Waals surface area contributed by atoms with E-state index >= 15 is 0 Å². The van der Waals surface area contributed by atoms with Gasteiger partial charge in [0.05, 0.1) is 11.3 Å². The van der Waals surface area contributed by atoms with Crippen LogP contribution in [0.4, 0.5) is 15.8 Å². The molecule has 0 aliphatic heterocycles. The number of carbonyl (C=O) groups is 1. The van der Waals surface area contributed by atoms with Crippen molar-refractivity contribution in [3.8, 4) is 0 Å². The summed E-state index contributed by atoms with van der Waals surface area (Å²) in [6.45, 7) is 1.76. The van der Waals surface area contributed by atoms with Crippen LogP contribution >= 0.6 is 0 Å². The molecule has 2 rings (SSSR count). The van der Waals surface area contributed by atoms with Gasteiger partial charge in [-0.1, -0.05) is 12.1 Å². The van der Waals surface area contributed by atoms with E-state index in [-0.39, 0.29) is 11.4 Å². The van der Waals surface area contributed by atoms with Crippen LogP contribution in [0, 0.1) is 12.7 Å². The lowest BCUT2D eigenvalue weighted by Crippen LogP contribution is -2.03. The molecule has 0 radical (unpaired) electrons. The van der Waals surface area contributed by atoms with Crippen LogP contribution in [0.15, 0.2) is 42.5 Å². The smallest absolute Gasteiger partial charge is 0.337 e. The van der Waals surface area contributed by atoms with Gasteiger partial charge in [0, 0.05) is 5.69 Å². The van der Waals surface area contributed by atoms with E-state index < -0.39 is 5.97 Å². The second-order valence-electron chi connectivity index (χ2n) is 3.93. The number of carboxylic acids is 1. The number of aromatic carboxylic acids is 1. The number of rotatable bonds is 3. The van der Waals surface area contributed by atoms with E-state index in [1.807, 2.05) is 0 Å². The Labute approximate surface area is 104 Å². The van der Waals surface area contributed by atoms with Crippen LogP contribution in [0.5, 0.6) is 0 Å². The molecule has 0 fully saturated rings. The molecule has 2 aromatic carbocycles. The van der Waals surface area contributed by atoms with Gasteiger partial charge in [-0.2, -0.15) is 0 Å². The fourth-order valence-electron chi connectivity index (χ4n) is 1.69. The van der Waals surface area contributed by atoms with Gasteiger partial charge < -0.3 is 10.4 Å². The largest absolute Gasteiger partial charge is 0.478 e. The molecule has 0 aliphatic rings. The minimum Gasteiger partial charge on any atom is -0.478 e. The van der Waals surface area contributed by atoms with E-state index in [4.69, 9.17) is 5.11 Å². The van der Waals surface area contributed by atoms with Crippen molar-refractivity contribution in [2.45, 2.75) is 6.92 Å². The van der Waals surface area contributed by atoms with Gasteiger partial charge in [-0.3, -0.25) is 0 Å². The molecule has 0 amide bonds. The third kappa shape index (κ3) is 2.48. The molecule has 2 N–H and O–H groups in total. The standard InChI is InChI=1S/C14H12FNO2/c1-9-8-10(15)6-7-12(9)16-13-5-3-2-4-11(13)14(17)18/h2-8,16H,1H3,(H,17,18). The van der Waals surface area contributed by atoms with Gasteiger partial charge >= 0.3 is 5.97 Å². The molecule has 18 heavy (non-hydrogen) atoms. The molecular weight excluding hydrogens is 233 g/mol. The molecule has 2 aromatic rings. The highest BCUT2D eigenvalue weighted by Gasteiger charge is 2.09. The summed E-state index contributed by atoms with van der Waals surface area (Å²) in [5, 5.41) is 12.1. The van der Waals surface area contributed by atoms with E-state index in [9.17, 15) is 9.18 Å². The maximum atomic E-state index is 13.0. The average molecular weight is 245 g/mol. The number of anilines is 2. The van der Waals surface area contributed by atoms with Crippen LogP contribution in [0.1, 0.15) is 15.9 Å². The van der Waals surface area contributed by atoms with Crippen molar-refractivity contribution in [2.75, 3.05) is 5.32 Å². The highest BCUT2D eigenvalue weighted by Crippen LogP contribution is 2.24. The molecule has 0 heterocycles. The first kappa shape index (κ1) is 12.1. The normalized spacial score (nSPS) is 10.1. The first-order chi connectivity index (χ1) is 8.58. The minimum absolute atomic E-state index is 0.182. The molecule has 0 atom stereocenters. The third-order valence-corrected chi connectivity index (χ3v) is 2.62. The van der Waals surface area contributed by atoms with E-state index in [0.29, 0.717) is 11.4 Å². The van der Waals surface area contributed by atoms with E-state index in [0.717, 1.165) is 5.56 Å². The van der Waals surface area contributed by atoms with E-state index in [1.54, 1.807) is 31.2 Å². The van der Waals surface area contributed by atoms with Gasteiger partial charge in [-0.15, -0.1) is 0 Å². The summed E-state index contributed by atoms with van der Waals surface area (Å²) >= 11 is 0. The Kier molecular flexibility index (Phi) is 3.28. The monoisotopic (exact) mass is 245 g/mol. The SMILES string of the molecule is Cc1cc(F)ccc1Nc1ccccc1C(=O)O. The van der Waals surface area contributed by atoms with Crippen LogP contribution in [-0.4, -0.2) is 11.1 Å².